The van der Waals surface area contributed by atoms with Gasteiger partial charge in [0, 0.05) is 6.42 Å². The van der Waals surface area contributed by atoms with Crippen molar-refractivity contribution in [2.75, 3.05) is 19.8 Å². The van der Waals surface area contributed by atoms with Crippen LogP contribution in [0.2, 0.25) is 0 Å². The summed E-state index contributed by atoms with van der Waals surface area (Å²) in [6, 6.07) is 6.06. The van der Waals surface area contributed by atoms with E-state index in [1.54, 1.807) is 4.68 Å². The number of nitrogens with zero attached hydrogens (tertiary/aromatic N) is 4. The molecule has 11 heteroatoms. The number of hydrogen-bond acceptors (Lipinski definition) is 7. The van der Waals surface area contributed by atoms with Gasteiger partial charge in [0.05, 0.1) is 43.8 Å². The summed E-state index contributed by atoms with van der Waals surface area (Å²) >= 11 is 0. The third-order valence-corrected chi connectivity index (χ3v) is 4.41. The number of primary amides is 1. The summed E-state index contributed by atoms with van der Waals surface area (Å²) in [6.07, 6.45) is 0.507. The highest BCUT2D eigenvalue weighted by molar-refractivity contribution is 5.76. The monoisotopic (exact) mass is 416 g/mol. The number of carbonyl (C=O) groups excluding carboxylic acids is 1. The molecule has 1 aliphatic heterocycles. The molecule has 1 fully saturated rings. The summed E-state index contributed by atoms with van der Waals surface area (Å²) in [5.74, 6) is 1.61. The fourth-order valence-electron chi connectivity index (χ4n) is 3.25. The van der Waals surface area contributed by atoms with E-state index in [2.05, 4.69) is 26.1 Å². The highest BCUT2D eigenvalue weighted by Crippen LogP contribution is 2.17. The zero-order valence-electron chi connectivity index (χ0n) is 16.6. The molecule has 0 aliphatic carbocycles. The van der Waals surface area contributed by atoms with Gasteiger partial charge in [0.15, 0.2) is 5.82 Å². The predicted molar refractivity (Wildman–Crippen MR) is 106 cm³/mol. The van der Waals surface area contributed by atoms with E-state index < -0.39 is 5.91 Å². The zero-order valence-corrected chi connectivity index (χ0v) is 16.6. The Hall–Kier alpha value is -3.31. The Kier molecular flexibility index (Phi) is 7.09. The van der Waals surface area contributed by atoms with E-state index in [-0.39, 0.29) is 19.0 Å². The van der Waals surface area contributed by atoms with Gasteiger partial charge in [-0.3, -0.25) is 9.59 Å². The van der Waals surface area contributed by atoms with Crippen LogP contribution in [0.25, 0.3) is 11.0 Å². The maximum Gasteiger partial charge on any atom is 0.290 e. The van der Waals surface area contributed by atoms with Gasteiger partial charge >= 0.3 is 0 Å². The fraction of sp³-hybridized carbons (Fsp3) is 0.421. The Morgan fingerprint density at radius 2 is 2.20 bits per heavy atom. The second-order valence-corrected chi connectivity index (χ2v) is 6.79. The number of fused-ring (bicyclic) bond motifs is 1. The molecule has 1 unspecified atom stereocenters. The second-order valence-electron chi connectivity index (χ2n) is 6.79. The summed E-state index contributed by atoms with van der Waals surface area (Å²) < 4.78 is 13.0. The Balaban J connectivity index is 0.000000806. The topological polar surface area (TPSA) is 158 Å². The van der Waals surface area contributed by atoms with Crippen molar-refractivity contribution in [3.05, 3.63) is 41.2 Å². The Bertz CT molecular complexity index is 1010. The molecule has 2 aromatic heterocycles. The predicted octanol–water partition coefficient (Wildman–Crippen LogP) is 0.198. The van der Waals surface area contributed by atoms with Crippen LogP contribution in [0, 0.1) is 6.92 Å². The van der Waals surface area contributed by atoms with E-state index in [9.17, 15) is 4.79 Å². The van der Waals surface area contributed by atoms with Crippen molar-refractivity contribution in [1.29, 1.82) is 0 Å². The lowest BCUT2D eigenvalue weighted by Gasteiger charge is -2.23. The number of aryl methyl sites for hydroxylation is 1. The van der Waals surface area contributed by atoms with Crippen molar-refractivity contribution in [3.8, 4) is 0 Å². The van der Waals surface area contributed by atoms with Crippen LogP contribution in [0.3, 0.4) is 0 Å². The van der Waals surface area contributed by atoms with Crippen molar-refractivity contribution in [2.45, 2.75) is 32.4 Å². The second kappa shape index (κ2) is 9.94. The van der Waals surface area contributed by atoms with Gasteiger partial charge in [0.2, 0.25) is 5.91 Å². The molecule has 3 aromatic rings. The SMILES string of the molecule is Cc1nc2ccc(Cc3nc(CC(N)=O)nn3CC3COCCO3)cc2[nH]1.O=CO. The third-order valence-electron chi connectivity index (χ3n) is 4.41. The molecule has 1 aliphatic rings. The van der Waals surface area contributed by atoms with Crippen LogP contribution in [0.5, 0.6) is 0 Å². The molecular weight excluding hydrogens is 392 g/mol. The van der Waals surface area contributed by atoms with Crippen molar-refractivity contribution in [2.24, 2.45) is 5.73 Å². The first kappa shape index (κ1) is 21.4. The number of aromatic nitrogens is 5. The Labute approximate surface area is 172 Å². The molecule has 1 amide bonds. The number of nitrogens with one attached hydrogen (secondary N) is 1. The number of hydrogen-bond donors (Lipinski definition) is 3. The van der Waals surface area contributed by atoms with Crippen LogP contribution in [-0.2, 0) is 38.4 Å². The molecule has 11 nitrogen and oxygen atoms in total. The molecule has 1 aromatic carbocycles. The molecule has 3 heterocycles. The van der Waals surface area contributed by atoms with Gasteiger partial charge in [-0.1, -0.05) is 6.07 Å². The van der Waals surface area contributed by atoms with Crippen LogP contribution in [0.4, 0.5) is 0 Å². The number of carbonyl (C=O) groups is 2. The quantitative estimate of drug-likeness (QED) is 0.481. The van der Waals surface area contributed by atoms with E-state index in [4.69, 9.17) is 25.1 Å². The average molecular weight is 416 g/mol. The van der Waals surface area contributed by atoms with E-state index in [0.717, 1.165) is 28.2 Å². The van der Waals surface area contributed by atoms with Crippen molar-refractivity contribution >= 4 is 23.4 Å². The lowest BCUT2D eigenvalue weighted by atomic mass is 10.1. The van der Waals surface area contributed by atoms with E-state index in [1.807, 2.05) is 19.1 Å². The maximum absolute atomic E-state index is 11.3. The molecule has 0 spiro atoms. The van der Waals surface area contributed by atoms with Crippen molar-refractivity contribution in [3.63, 3.8) is 0 Å². The smallest absolute Gasteiger partial charge is 0.290 e. The number of benzene rings is 1. The first-order chi connectivity index (χ1) is 14.5. The van der Waals surface area contributed by atoms with Gasteiger partial charge < -0.3 is 25.3 Å². The summed E-state index contributed by atoms with van der Waals surface area (Å²) in [7, 11) is 0. The lowest BCUT2D eigenvalue weighted by molar-refractivity contribution is -0.123. The molecule has 1 saturated heterocycles. The molecule has 30 heavy (non-hydrogen) atoms. The zero-order chi connectivity index (χ0) is 21.5. The van der Waals surface area contributed by atoms with E-state index in [1.165, 1.54) is 0 Å². The normalized spacial score (nSPS) is 16.1. The minimum absolute atomic E-state index is 0.0147. The van der Waals surface area contributed by atoms with Crippen LogP contribution >= 0.6 is 0 Å². The number of amides is 1. The number of H-pyrrole nitrogens is 1. The highest BCUT2D eigenvalue weighted by atomic mass is 16.6. The van der Waals surface area contributed by atoms with Crippen molar-refractivity contribution in [1.82, 2.24) is 24.7 Å². The average Bonchev–Trinajstić information content (AvgIpc) is 3.24. The van der Waals surface area contributed by atoms with Crippen LogP contribution in [0.15, 0.2) is 18.2 Å². The number of ether oxygens (including phenoxy) is 2. The Morgan fingerprint density at radius 1 is 1.40 bits per heavy atom. The van der Waals surface area contributed by atoms with Gasteiger partial charge in [-0.2, -0.15) is 5.10 Å². The van der Waals surface area contributed by atoms with Crippen molar-refractivity contribution < 1.29 is 24.2 Å². The Morgan fingerprint density at radius 3 is 2.90 bits per heavy atom. The van der Waals surface area contributed by atoms with Crippen LogP contribution in [0.1, 0.15) is 23.0 Å². The molecule has 0 saturated carbocycles. The van der Waals surface area contributed by atoms with Crippen LogP contribution in [-0.4, -0.2) is 68.1 Å². The molecule has 0 radical (unpaired) electrons. The summed E-state index contributed by atoms with van der Waals surface area (Å²) in [6.45, 7) is 3.89. The fourth-order valence-corrected chi connectivity index (χ4v) is 3.25. The minimum Gasteiger partial charge on any atom is -0.483 e. The first-order valence-electron chi connectivity index (χ1n) is 9.42. The number of imidazole rings is 1. The molecule has 0 bridgehead atoms. The van der Waals surface area contributed by atoms with Crippen LogP contribution < -0.4 is 5.73 Å². The van der Waals surface area contributed by atoms with Gasteiger partial charge in [-0.15, -0.1) is 0 Å². The first-order valence-corrected chi connectivity index (χ1v) is 9.42. The third kappa shape index (κ3) is 5.61. The number of rotatable bonds is 6. The van der Waals surface area contributed by atoms with Gasteiger partial charge in [0.25, 0.3) is 6.47 Å². The van der Waals surface area contributed by atoms with E-state index >= 15 is 0 Å². The largest absolute Gasteiger partial charge is 0.483 e. The van der Waals surface area contributed by atoms with E-state index in [0.29, 0.717) is 38.6 Å². The molecule has 4 rings (SSSR count). The summed E-state index contributed by atoms with van der Waals surface area (Å²) in [5.41, 5.74) is 8.29. The number of nitrogens with two attached hydrogens (primary N) is 1. The number of aromatic amines is 1. The molecule has 4 N–H and O–H groups in total. The molecule has 160 valence electrons. The molecular formula is C19H24N6O5. The summed E-state index contributed by atoms with van der Waals surface area (Å²) in [5, 5.41) is 11.3. The van der Waals surface area contributed by atoms with Gasteiger partial charge in [0.1, 0.15) is 17.8 Å². The van der Waals surface area contributed by atoms with Gasteiger partial charge in [-0.05, 0) is 24.6 Å². The highest BCUT2D eigenvalue weighted by Gasteiger charge is 2.19. The standard InChI is InChI=1S/C18H22N6O3.CH2O2/c1-11-20-14-3-2-12(6-15(14)21-11)7-18-22-17(8-16(19)25)23-24(18)9-13-10-26-4-5-27-13;2-1-3/h2-3,6,13H,4-5,7-10H2,1H3,(H2,19,25)(H,20,21);1H,(H,2,3). The minimum atomic E-state index is -0.453. The van der Waals surface area contributed by atoms with Gasteiger partial charge in [-0.25, -0.2) is 14.6 Å². The number of carboxylic acid groups (broad SMARTS) is 1. The molecule has 1 atom stereocenters. The summed E-state index contributed by atoms with van der Waals surface area (Å²) in [4.78, 5) is 31.8. The lowest BCUT2D eigenvalue weighted by Crippen LogP contribution is -2.33. The maximum atomic E-state index is 11.3.